The number of carbonyl (C=O) groups excluding carboxylic acids is 4. The molecule has 2 aromatic carbocycles. The molecule has 1 atom stereocenters. The van der Waals surface area contributed by atoms with Crippen molar-refractivity contribution in [3.63, 3.8) is 0 Å². The van der Waals surface area contributed by atoms with Gasteiger partial charge in [-0.15, -0.1) is 0 Å². The quantitative estimate of drug-likeness (QED) is 0.370. The van der Waals surface area contributed by atoms with Gasteiger partial charge in [-0.25, -0.2) is 4.79 Å². The number of esters is 2. The van der Waals surface area contributed by atoms with Crippen molar-refractivity contribution in [2.75, 3.05) is 44.2 Å². The van der Waals surface area contributed by atoms with Crippen LogP contribution in [0.3, 0.4) is 0 Å². The zero-order valence-corrected chi connectivity index (χ0v) is 20.6. The minimum absolute atomic E-state index is 0.0342. The SMILES string of the molecule is CCCCOC(=O)c1ccc(N2C[C@@H](C(=O)OCC(=O)Nc3ccc(OC)cc3OC)CC2=O)cc1. The molecular weight excluding hydrogens is 468 g/mol. The predicted octanol–water partition coefficient (Wildman–Crippen LogP) is 3.20. The van der Waals surface area contributed by atoms with Gasteiger partial charge < -0.3 is 29.2 Å². The van der Waals surface area contributed by atoms with E-state index < -0.39 is 30.4 Å². The van der Waals surface area contributed by atoms with Gasteiger partial charge in [-0.05, 0) is 42.8 Å². The van der Waals surface area contributed by atoms with Crippen LogP contribution in [0.2, 0.25) is 0 Å². The summed E-state index contributed by atoms with van der Waals surface area (Å²) in [5, 5.41) is 2.62. The number of benzene rings is 2. The monoisotopic (exact) mass is 498 g/mol. The van der Waals surface area contributed by atoms with Crippen molar-refractivity contribution >= 4 is 35.1 Å². The Kier molecular flexibility index (Phi) is 9.26. The van der Waals surface area contributed by atoms with Crippen molar-refractivity contribution in [2.24, 2.45) is 5.92 Å². The van der Waals surface area contributed by atoms with Gasteiger partial charge in [0.05, 0.1) is 38.0 Å². The molecule has 0 unspecified atom stereocenters. The smallest absolute Gasteiger partial charge is 0.338 e. The van der Waals surface area contributed by atoms with E-state index in [-0.39, 0.29) is 18.9 Å². The molecule has 10 nitrogen and oxygen atoms in total. The molecule has 0 radical (unpaired) electrons. The van der Waals surface area contributed by atoms with Crippen LogP contribution >= 0.6 is 0 Å². The molecule has 192 valence electrons. The molecule has 1 heterocycles. The highest BCUT2D eigenvalue weighted by molar-refractivity contribution is 6.00. The number of amides is 2. The lowest BCUT2D eigenvalue weighted by atomic mass is 10.1. The minimum atomic E-state index is -0.709. The number of anilines is 2. The van der Waals surface area contributed by atoms with Gasteiger partial charge in [-0.3, -0.25) is 14.4 Å². The fourth-order valence-electron chi connectivity index (χ4n) is 3.63. The Morgan fingerprint density at radius 3 is 2.44 bits per heavy atom. The number of unbranched alkanes of at least 4 members (excludes halogenated alkanes) is 1. The highest BCUT2D eigenvalue weighted by atomic mass is 16.5. The van der Waals surface area contributed by atoms with E-state index >= 15 is 0 Å². The molecule has 2 aromatic rings. The zero-order chi connectivity index (χ0) is 26.1. The van der Waals surface area contributed by atoms with Gasteiger partial charge in [0, 0.05) is 24.7 Å². The first-order valence-corrected chi connectivity index (χ1v) is 11.6. The van der Waals surface area contributed by atoms with E-state index in [1.54, 1.807) is 42.5 Å². The largest absolute Gasteiger partial charge is 0.497 e. The first-order chi connectivity index (χ1) is 17.4. The summed E-state index contributed by atoms with van der Waals surface area (Å²) in [6, 6.07) is 11.3. The summed E-state index contributed by atoms with van der Waals surface area (Å²) in [6.45, 7) is 1.98. The lowest BCUT2D eigenvalue weighted by Crippen LogP contribution is -2.28. The summed E-state index contributed by atoms with van der Waals surface area (Å²) >= 11 is 0. The van der Waals surface area contributed by atoms with Crippen LogP contribution < -0.4 is 19.7 Å². The lowest BCUT2D eigenvalue weighted by Gasteiger charge is -2.17. The van der Waals surface area contributed by atoms with Crippen LogP contribution in [0.4, 0.5) is 11.4 Å². The van der Waals surface area contributed by atoms with Crippen molar-refractivity contribution in [3.8, 4) is 11.5 Å². The molecule has 0 aromatic heterocycles. The maximum atomic E-state index is 12.5. The summed E-state index contributed by atoms with van der Waals surface area (Å²) < 4.78 is 20.7. The molecule has 1 N–H and O–H groups in total. The molecule has 1 aliphatic rings. The van der Waals surface area contributed by atoms with Crippen molar-refractivity contribution in [2.45, 2.75) is 26.2 Å². The molecule has 1 aliphatic heterocycles. The molecule has 0 saturated carbocycles. The van der Waals surface area contributed by atoms with Crippen LogP contribution in [-0.2, 0) is 23.9 Å². The van der Waals surface area contributed by atoms with Crippen LogP contribution in [0.1, 0.15) is 36.5 Å². The van der Waals surface area contributed by atoms with E-state index in [9.17, 15) is 19.2 Å². The van der Waals surface area contributed by atoms with Crippen molar-refractivity contribution in [3.05, 3.63) is 48.0 Å². The number of ether oxygens (including phenoxy) is 4. The molecule has 1 saturated heterocycles. The van der Waals surface area contributed by atoms with E-state index in [0.717, 1.165) is 12.8 Å². The molecule has 0 bridgehead atoms. The number of carbonyl (C=O) groups is 4. The number of methoxy groups -OCH3 is 2. The van der Waals surface area contributed by atoms with Gasteiger partial charge in [0.1, 0.15) is 11.5 Å². The van der Waals surface area contributed by atoms with Gasteiger partial charge in [0.15, 0.2) is 6.61 Å². The Hall–Kier alpha value is -4.08. The highest BCUT2D eigenvalue weighted by Crippen LogP contribution is 2.29. The summed E-state index contributed by atoms with van der Waals surface area (Å²) in [4.78, 5) is 50.8. The molecule has 0 spiro atoms. The number of rotatable bonds is 11. The Balaban J connectivity index is 1.51. The Morgan fingerprint density at radius 2 is 1.78 bits per heavy atom. The molecular formula is C26H30N2O8. The lowest BCUT2D eigenvalue weighted by molar-refractivity contribution is -0.151. The van der Waals surface area contributed by atoms with Gasteiger partial charge in [-0.2, -0.15) is 0 Å². The summed E-state index contributed by atoms with van der Waals surface area (Å²) in [6.07, 6.45) is 1.68. The topological polar surface area (TPSA) is 120 Å². The van der Waals surface area contributed by atoms with Crippen LogP contribution in [0.25, 0.3) is 0 Å². The average molecular weight is 499 g/mol. The number of nitrogens with zero attached hydrogens (tertiary/aromatic N) is 1. The third kappa shape index (κ3) is 6.74. The molecule has 10 heteroatoms. The molecule has 36 heavy (non-hydrogen) atoms. The van der Waals surface area contributed by atoms with Crippen LogP contribution in [0, 0.1) is 5.92 Å². The van der Waals surface area contributed by atoms with E-state index in [0.29, 0.717) is 35.0 Å². The zero-order valence-electron chi connectivity index (χ0n) is 20.6. The van der Waals surface area contributed by atoms with Crippen molar-refractivity contribution in [1.29, 1.82) is 0 Å². The van der Waals surface area contributed by atoms with Crippen molar-refractivity contribution in [1.82, 2.24) is 0 Å². The van der Waals surface area contributed by atoms with Crippen LogP contribution in [0.5, 0.6) is 11.5 Å². The first kappa shape index (κ1) is 26.5. The number of nitrogens with one attached hydrogen (secondary N) is 1. The van der Waals surface area contributed by atoms with Crippen molar-refractivity contribution < 1.29 is 38.1 Å². The average Bonchev–Trinajstić information content (AvgIpc) is 3.29. The minimum Gasteiger partial charge on any atom is -0.497 e. The second-order valence-corrected chi connectivity index (χ2v) is 8.16. The first-order valence-electron chi connectivity index (χ1n) is 11.6. The van der Waals surface area contributed by atoms with Gasteiger partial charge >= 0.3 is 11.9 Å². The maximum absolute atomic E-state index is 12.5. The maximum Gasteiger partial charge on any atom is 0.338 e. The fraction of sp³-hybridized carbons (Fsp3) is 0.385. The number of hydrogen-bond acceptors (Lipinski definition) is 8. The molecule has 2 amide bonds. The third-order valence-electron chi connectivity index (χ3n) is 5.63. The summed E-state index contributed by atoms with van der Waals surface area (Å²) in [5.41, 5.74) is 1.35. The van der Waals surface area contributed by atoms with E-state index in [2.05, 4.69) is 5.32 Å². The standard InChI is InChI=1S/C26H30N2O8/c1-4-5-12-35-25(31)17-6-8-19(9-7-17)28-15-18(13-24(28)30)26(32)36-16-23(29)27-21-11-10-20(33-2)14-22(21)34-3/h6-11,14,18H,4-5,12-13,15-16H2,1-3H3,(H,27,29)/t18-/m0/s1. The summed E-state index contributed by atoms with van der Waals surface area (Å²) in [5.74, 6) is -1.61. The van der Waals surface area contributed by atoms with Crippen LogP contribution in [-0.4, -0.2) is 57.7 Å². The molecule has 3 rings (SSSR count). The van der Waals surface area contributed by atoms with Gasteiger partial charge in [0.2, 0.25) is 5.91 Å². The van der Waals surface area contributed by atoms with E-state index in [4.69, 9.17) is 18.9 Å². The second kappa shape index (κ2) is 12.6. The molecule has 0 aliphatic carbocycles. The second-order valence-electron chi connectivity index (χ2n) is 8.16. The third-order valence-corrected chi connectivity index (χ3v) is 5.63. The molecule has 1 fully saturated rings. The van der Waals surface area contributed by atoms with Gasteiger partial charge in [0.25, 0.3) is 5.91 Å². The Morgan fingerprint density at radius 1 is 1.03 bits per heavy atom. The number of hydrogen-bond donors (Lipinski definition) is 1. The fourth-order valence-corrected chi connectivity index (χ4v) is 3.63. The predicted molar refractivity (Wildman–Crippen MR) is 131 cm³/mol. The Labute approximate surface area is 209 Å². The summed E-state index contributed by atoms with van der Waals surface area (Å²) in [7, 11) is 2.97. The highest BCUT2D eigenvalue weighted by Gasteiger charge is 2.36. The van der Waals surface area contributed by atoms with Crippen LogP contribution in [0.15, 0.2) is 42.5 Å². The van der Waals surface area contributed by atoms with E-state index in [1.165, 1.54) is 19.1 Å². The van der Waals surface area contributed by atoms with E-state index in [1.807, 2.05) is 6.92 Å². The van der Waals surface area contributed by atoms with Gasteiger partial charge in [-0.1, -0.05) is 13.3 Å². The Bertz CT molecular complexity index is 1100. The normalized spacial score (nSPS) is 14.8.